The summed E-state index contributed by atoms with van der Waals surface area (Å²) in [6, 6.07) is 0. The van der Waals surface area contributed by atoms with E-state index in [9.17, 15) is 0 Å². The highest BCUT2D eigenvalue weighted by Crippen LogP contribution is 2.36. The summed E-state index contributed by atoms with van der Waals surface area (Å²) in [6.45, 7) is 11.1. The van der Waals surface area contributed by atoms with Crippen molar-refractivity contribution in [3.8, 4) is 0 Å². The van der Waals surface area contributed by atoms with Gasteiger partial charge in [0, 0.05) is 36.1 Å². The summed E-state index contributed by atoms with van der Waals surface area (Å²) < 4.78 is 2.27. The van der Waals surface area contributed by atoms with E-state index in [4.69, 9.17) is 4.99 Å². The molecular weight excluding hydrogens is 421 g/mol. The van der Waals surface area contributed by atoms with E-state index >= 15 is 0 Å². The van der Waals surface area contributed by atoms with Crippen molar-refractivity contribution in [3.63, 3.8) is 0 Å². The van der Waals surface area contributed by atoms with E-state index < -0.39 is 0 Å². The Hall–Kier alpha value is -0.440. The zero-order chi connectivity index (χ0) is 16.2. The molecule has 2 heterocycles. The van der Waals surface area contributed by atoms with Crippen LogP contribution >= 0.6 is 35.7 Å². The van der Waals surface area contributed by atoms with Crippen LogP contribution in [-0.4, -0.2) is 39.3 Å². The average Bonchev–Trinajstić information content (AvgIpc) is 3.00. The Morgan fingerprint density at radius 3 is 2.65 bits per heavy atom. The van der Waals surface area contributed by atoms with Gasteiger partial charge >= 0.3 is 0 Å². The van der Waals surface area contributed by atoms with Crippen LogP contribution in [0.15, 0.2) is 4.99 Å². The number of aromatic nitrogens is 2. The molecule has 23 heavy (non-hydrogen) atoms. The van der Waals surface area contributed by atoms with Crippen LogP contribution in [0.1, 0.15) is 43.6 Å². The molecule has 1 atom stereocenters. The van der Waals surface area contributed by atoms with Gasteiger partial charge in [0.15, 0.2) is 5.96 Å². The smallest absolute Gasteiger partial charge is 0.191 e. The SMILES string of the molecule is CCNC(=NCc1c(C)nn(C)c1C)NCC1(C)CCCS1.I. The van der Waals surface area contributed by atoms with Crippen molar-refractivity contribution in [1.82, 2.24) is 20.4 Å². The van der Waals surface area contributed by atoms with Crippen LogP contribution in [0.4, 0.5) is 0 Å². The largest absolute Gasteiger partial charge is 0.357 e. The number of aryl methyl sites for hydroxylation is 2. The fourth-order valence-corrected chi connectivity index (χ4v) is 4.04. The third-order valence-corrected chi connectivity index (χ3v) is 5.87. The predicted molar refractivity (Wildman–Crippen MR) is 111 cm³/mol. The van der Waals surface area contributed by atoms with E-state index in [-0.39, 0.29) is 24.0 Å². The second-order valence-electron chi connectivity index (χ2n) is 6.22. The Morgan fingerprint density at radius 2 is 2.13 bits per heavy atom. The molecule has 132 valence electrons. The van der Waals surface area contributed by atoms with Crippen molar-refractivity contribution >= 4 is 41.7 Å². The van der Waals surface area contributed by atoms with E-state index in [0.717, 1.165) is 24.7 Å². The number of nitrogens with one attached hydrogen (secondary N) is 2. The Bertz CT molecular complexity index is 535. The van der Waals surface area contributed by atoms with Crippen molar-refractivity contribution in [2.45, 2.75) is 51.8 Å². The lowest BCUT2D eigenvalue weighted by molar-refractivity contribution is 0.584. The Labute approximate surface area is 161 Å². The molecule has 2 N–H and O–H groups in total. The zero-order valence-corrected chi connectivity index (χ0v) is 18.0. The van der Waals surface area contributed by atoms with Crippen LogP contribution in [0.25, 0.3) is 0 Å². The van der Waals surface area contributed by atoms with Gasteiger partial charge in [-0.15, -0.1) is 24.0 Å². The molecule has 2 rings (SSSR count). The molecule has 1 unspecified atom stereocenters. The van der Waals surface area contributed by atoms with E-state index in [0.29, 0.717) is 11.3 Å². The van der Waals surface area contributed by atoms with Gasteiger partial charge in [-0.3, -0.25) is 4.68 Å². The maximum atomic E-state index is 4.74. The van der Waals surface area contributed by atoms with E-state index in [2.05, 4.69) is 55.2 Å². The average molecular weight is 451 g/mol. The molecule has 7 heteroatoms. The Balaban J connectivity index is 0.00000264. The molecule has 1 saturated heterocycles. The van der Waals surface area contributed by atoms with Gasteiger partial charge in [-0.2, -0.15) is 16.9 Å². The maximum absolute atomic E-state index is 4.74. The Kier molecular flexibility index (Phi) is 8.20. The highest BCUT2D eigenvalue weighted by molar-refractivity contribution is 14.0. The van der Waals surface area contributed by atoms with E-state index in [1.807, 2.05) is 11.7 Å². The lowest BCUT2D eigenvalue weighted by atomic mass is 10.1. The molecule has 5 nitrogen and oxygen atoms in total. The van der Waals surface area contributed by atoms with E-state index in [1.54, 1.807) is 0 Å². The van der Waals surface area contributed by atoms with Crippen LogP contribution in [0.3, 0.4) is 0 Å². The first-order chi connectivity index (χ1) is 10.4. The van der Waals surface area contributed by atoms with Crippen molar-refractivity contribution in [2.24, 2.45) is 12.0 Å². The molecular formula is C16H30IN5S. The fraction of sp³-hybridized carbons (Fsp3) is 0.750. The van der Waals surface area contributed by atoms with Crippen LogP contribution in [0.2, 0.25) is 0 Å². The molecule has 0 aliphatic carbocycles. The van der Waals surface area contributed by atoms with Crippen LogP contribution in [0, 0.1) is 13.8 Å². The molecule has 1 aliphatic heterocycles. The zero-order valence-electron chi connectivity index (χ0n) is 14.9. The maximum Gasteiger partial charge on any atom is 0.191 e. The van der Waals surface area contributed by atoms with Gasteiger partial charge in [-0.25, -0.2) is 4.99 Å². The van der Waals surface area contributed by atoms with Crippen molar-refractivity contribution in [3.05, 3.63) is 17.0 Å². The fourth-order valence-electron chi connectivity index (χ4n) is 2.79. The summed E-state index contributed by atoms with van der Waals surface area (Å²) in [5.41, 5.74) is 3.48. The standard InChI is InChI=1S/C16H29N5S.HI/c1-6-17-15(19-11-16(4)8-7-9-22-16)18-10-14-12(2)20-21(5)13(14)3;/h6-11H2,1-5H3,(H2,17,18,19);1H. The first kappa shape index (κ1) is 20.6. The molecule has 1 aliphatic rings. The van der Waals surface area contributed by atoms with Gasteiger partial charge in [-0.05, 0) is 46.3 Å². The topological polar surface area (TPSA) is 54.2 Å². The first-order valence-electron chi connectivity index (χ1n) is 8.10. The van der Waals surface area contributed by atoms with E-state index in [1.165, 1.54) is 29.9 Å². The highest BCUT2D eigenvalue weighted by atomic mass is 127. The molecule has 0 aromatic carbocycles. The number of guanidine groups is 1. The van der Waals surface area contributed by atoms with Crippen LogP contribution < -0.4 is 10.6 Å². The second-order valence-corrected chi connectivity index (χ2v) is 7.91. The second kappa shape index (κ2) is 9.15. The summed E-state index contributed by atoms with van der Waals surface area (Å²) in [5.74, 6) is 2.18. The molecule has 0 amide bonds. The molecule has 0 spiro atoms. The van der Waals surface area contributed by atoms with Crippen molar-refractivity contribution < 1.29 is 0 Å². The quantitative estimate of drug-likeness (QED) is 0.411. The summed E-state index contributed by atoms with van der Waals surface area (Å²) in [7, 11) is 1.98. The van der Waals surface area contributed by atoms with Crippen molar-refractivity contribution in [1.29, 1.82) is 0 Å². The molecule has 1 aromatic heterocycles. The number of hydrogen-bond acceptors (Lipinski definition) is 3. The minimum absolute atomic E-state index is 0. The molecule has 1 aromatic rings. The molecule has 0 bridgehead atoms. The number of aliphatic imine (C=N–C) groups is 1. The normalized spacial score (nSPS) is 21.2. The number of hydrogen-bond donors (Lipinski definition) is 2. The lowest BCUT2D eigenvalue weighted by Gasteiger charge is -2.24. The summed E-state index contributed by atoms with van der Waals surface area (Å²) >= 11 is 2.07. The van der Waals surface area contributed by atoms with Gasteiger partial charge in [0.25, 0.3) is 0 Å². The number of rotatable bonds is 5. The van der Waals surface area contributed by atoms with Gasteiger partial charge in [0.1, 0.15) is 0 Å². The van der Waals surface area contributed by atoms with Gasteiger partial charge in [-0.1, -0.05) is 0 Å². The highest BCUT2D eigenvalue weighted by Gasteiger charge is 2.29. The van der Waals surface area contributed by atoms with Crippen molar-refractivity contribution in [2.75, 3.05) is 18.8 Å². The van der Waals surface area contributed by atoms with Crippen LogP contribution in [0.5, 0.6) is 0 Å². The number of thioether (sulfide) groups is 1. The minimum Gasteiger partial charge on any atom is -0.357 e. The van der Waals surface area contributed by atoms with Crippen LogP contribution in [-0.2, 0) is 13.6 Å². The molecule has 0 saturated carbocycles. The monoisotopic (exact) mass is 451 g/mol. The summed E-state index contributed by atoms with van der Waals surface area (Å²) in [5, 5.41) is 11.3. The lowest BCUT2D eigenvalue weighted by Crippen LogP contribution is -2.43. The molecule has 0 radical (unpaired) electrons. The van der Waals surface area contributed by atoms with Gasteiger partial charge < -0.3 is 10.6 Å². The summed E-state index contributed by atoms with van der Waals surface area (Å²) in [4.78, 5) is 4.74. The number of nitrogens with zero attached hydrogens (tertiary/aromatic N) is 3. The van der Waals surface area contributed by atoms with Gasteiger partial charge in [0.2, 0.25) is 0 Å². The first-order valence-corrected chi connectivity index (χ1v) is 9.09. The number of halogens is 1. The third-order valence-electron chi connectivity index (χ3n) is 4.33. The predicted octanol–water partition coefficient (Wildman–Crippen LogP) is 3.00. The van der Waals surface area contributed by atoms with Gasteiger partial charge in [0.05, 0.1) is 12.2 Å². The third kappa shape index (κ3) is 5.55. The minimum atomic E-state index is 0. The molecule has 1 fully saturated rings. The Morgan fingerprint density at radius 1 is 1.39 bits per heavy atom. The summed E-state index contributed by atoms with van der Waals surface area (Å²) in [6.07, 6.45) is 2.61.